The number of halogens is 1. The Morgan fingerprint density at radius 2 is 1.85 bits per heavy atom. The number of carbonyl (C=O) groups excluding carboxylic acids is 1. The van der Waals surface area contributed by atoms with Gasteiger partial charge in [0.05, 0.1) is 25.8 Å². The summed E-state index contributed by atoms with van der Waals surface area (Å²) >= 11 is 5.97. The van der Waals surface area contributed by atoms with Crippen molar-refractivity contribution in [3.05, 3.63) is 65.2 Å². The first-order chi connectivity index (χ1) is 16.6. The number of hydrogen-bond acceptors (Lipinski definition) is 6. The predicted octanol–water partition coefficient (Wildman–Crippen LogP) is 4.39. The molecule has 4 rings (SSSR count). The molecule has 3 aromatic rings. The smallest absolute Gasteiger partial charge is 0.224 e. The summed E-state index contributed by atoms with van der Waals surface area (Å²) in [6.45, 7) is 2.07. The fraction of sp³-hybridized carbons (Fsp3) is 0.346. The van der Waals surface area contributed by atoms with Gasteiger partial charge in [0.15, 0.2) is 17.3 Å². The van der Waals surface area contributed by atoms with Crippen molar-refractivity contribution in [2.24, 2.45) is 5.92 Å². The summed E-state index contributed by atoms with van der Waals surface area (Å²) in [7, 11) is 3.23. The van der Waals surface area contributed by atoms with Crippen LogP contribution in [0.1, 0.15) is 18.4 Å². The van der Waals surface area contributed by atoms with Crippen LogP contribution in [0.3, 0.4) is 0 Å². The molecule has 178 valence electrons. The quantitative estimate of drug-likeness (QED) is 0.515. The van der Waals surface area contributed by atoms with E-state index in [0.29, 0.717) is 29.6 Å². The lowest BCUT2D eigenvalue weighted by Gasteiger charge is -2.32. The lowest BCUT2D eigenvalue weighted by atomic mass is 9.97. The lowest BCUT2D eigenvalue weighted by Crippen LogP contribution is -2.43. The van der Waals surface area contributed by atoms with Crippen molar-refractivity contribution < 1.29 is 14.3 Å². The Balaban J connectivity index is 1.31. The predicted molar refractivity (Wildman–Crippen MR) is 134 cm³/mol. The monoisotopic (exact) mass is 480 g/mol. The molecule has 0 saturated carbocycles. The second-order valence-corrected chi connectivity index (χ2v) is 8.74. The molecule has 34 heavy (non-hydrogen) atoms. The summed E-state index contributed by atoms with van der Waals surface area (Å²) in [5, 5.41) is 12.6. The molecule has 0 bridgehead atoms. The Labute approximate surface area is 205 Å². The topological polar surface area (TPSA) is 76.6 Å². The van der Waals surface area contributed by atoms with Crippen molar-refractivity contribution in [3.63, 3.8) is 0 Å². The number of nitrogens with zero attached hydrogens (tertiary/aromatic N) is 3. The zero-order valence-electron chi connectivity index (χ0n) is 19.5. The Morgan fingerprint density at radius 1 is 1.06 bits per heavy atom. The van der Waals surface area contributed by atoms with Crippen molar-refractivity contribution in [1.29, 1.82) is 0 Å². The summed E-state index contributed by atoms with van der Waals surface area (Å²) in [5.74, 6) is 2.19. The van der Waals surface area contributed by atoms with Crippen molar-refractivity contribution in [3.8, 4) is 22.8 Å². The zero-order valence-corrected chi connectivity index (χ0v) is 20.2. The third-order valence-electron chi connectivity index (χ3n) is 6.07. The molecule has 1 aromatic heterocycles. The van der Waals surface area contributed by atoms with E-state index in [9.17, 15) is 4.79 Å². The van der Waals surface area contributed by atoms with Gasteiger partial charge in [0, 0.05) is 30.2 Å². The molecule has 1 N–H and O–H groups in total. The van der Waals surface area contributed by atoms with E-state index in [1.54, 1.807) is 14.2 Å². The number of hydrogen-bond donors (Lipinski definition) is 1. The van der Waals surface area contributed by atoms with Crippen LogP contribution in [0.15, 0.2) is 54.6 Å². The number of rotatable bonds is 8. The van der Waals surface area contributed by atoms with E-state index >= 15 is 0 Å². The van der Waals surface area contributed by atoms with Crippen LogP contribution in [0, 0.1) is 5.92 Å². The number of carbonyl (C=O) groups is 1. The van der Waals surface area contributed by atoms with Gasteiger partial charge in [0.1, 0.15) is 0 Å². The SMILES string of the molecule is COc1ccc(CCNC(=O)[C@H]2CCCN(c3ccc(-c4ccc(Cl)cc4)nn3)C2)cc1OC. The maximum absolute atomic E-state index is 12.8. The number of aromatic nitrogens is 2. The van der Waals surface area contributed by atoms with Crippen LogP contribution < -0.4 is 19.7 Å². The Morgan fingerprint density at radius 3 is 2.56 bits per heavy atom. The summed E-state index contributed by atoms with van der Waals surface area (Å²) in [6.07, 6.45) is 2.53. The number of nitrogens with one attached hydrogen (secondary N) is 1. The van der Waals surface area contributed by atoms with Gasteiger partial charge in [-0.25, -0.2) is 0 Å². The molecular formula is C26H29ClN4O3. The van der Waals surface area contributed by atoms with Gasteiger partial charge in [-0.3, -0.25) is 4.79 Å². The van der Waals surface area contributed by atoms with E-state index in [0.717, 1.165) is 48.4 Å². The average Bonchev–Trinajstić information content (AvgIpc) is 2.89. The molecule has 2 aromatic carbocycles. The highest BCUT2D eigenvalue weighted by molar-refractivity contribution is 6.30. The number of methoxy groups -OCH3 is 2. The van der Waals surface area contributed by atoms with Gasteiger partial charge in [0.2, 0.25) is 5.91 Å². The van der Waals surface area contributed by atoms with E-state index in [1.807, 2.05) is 54.6 Å². The first-order valence-corrected chi connectivity index (χ1v) is 11.8. The van der Waals surface area contributed by atoms with E-state index in [1.165, 1.54) is 0 Å². The Bertz CT molecular complexity index is 1110. The highest BCUT2D eigenvalue weighted by Crippen LogP contribution is 2.28. The van der Waals surface area contributed by atoms with Gasteiger partial charge >= 0.3 is 0 Å². The summed E-state index contributed by atoms with van der Waals surface area (Å²) in [6, 6.07) is 17.3. The molecule has 1 fully saturated rings. The minimum Gasteiger partial charge on any atom is -0.493 e. The van der Waals surface area contributed by atoms with E-state index in [-0.39, 0.29) is 11.8 Å². The molecule has 1 saturated heterocycles. The minimum atomic E-state index is -0.0723. The Kier molecular flexibility index (Phi) is 7.85. The number of benzene rings is 2. The van der Waals surface area contributed by atoms with Gasteiger partial charge in [-0.1, -0.05) is 29.8 Å². The number of piperidine rings is 1. The molecule has 0 unspecified atom stereocenters. The fourth-order valence-electron chi connectivity index (χ4n) is 4.18. The maximum atomic E-state index is 12.8. The Hall–Kier alpha value is -3.32. The van der Waals surface area contributed by atoms with E-state index in [4.69, 9.17) is 21.1 Å². The third kappa shape index (κ3) is 5.78. The number of anilines is 1. The first-order valence-electron chi connectivity index (χ1n) is 11.4. The lowest BCUT2D eigenvalue weighted by molar-refractivity contribution is -0.125. The molecule has 0 radical (unpaired) electrons. The second-order valence-electron chi connectivity index (χ2n) is 8.30. The number of ether oxygens (including phenoxy) is 2. The molecular weight excluding hydrogens is 452 g/mol. The van der Waals surface area contributed by atoms with Gasteiger partial charge in [-0.2, -0.15) is 0 Å². The van der Waals surface area contributed by atoms with Crippen LogP contribution in [0.5, 0.6) is 11.5 Å². The van der Waals surface area contributed by atoms with Crippen molar-refractivity contribution in [2.45, 2.75) is 19.3 Å². The largest absolute Gasteiger partial charge is 0.493 e. The fourth-order valence-corrected chi connectivity index (χ4v) is 4.30. The molecule has 1 aliphatic heterocycles. The third-order valence-corrected chi connectivity index (χ3v) is 6.32. The average molecular weight is 481 g/mol. The van der Waals surface area contributed by atoms with Gasteiger partial charge in [-0.15, -0.1) is 10.2 Å². The van der Waals surface area contributed by atoms with Crippen molar-refractivity contribution in [1.82, 2.24) is 15.5 Å². The molecule has 0 aliphatic carbocycles. The molecule has 1 amide bonds. The molecule has 2 heterocycles. The summed E-state index contributed by atoms with van der Waals surface area (Å²) in [4.78, 5) is 15.0. The first kappa shape index (κ1) is 23.8. The molecule has 1 aliphatic rings. The molecule has 0 spiro atoms. The standard InChI is InChI=1S/C26H29ClN4O3/c1-33-23-11-5-18(16-24(23)34-2)13-14-28-26(32)20-4-3-15-31(17-20)25-12-10-22(29-30-25)19-6-8-21(27)9-7-19/h5-12,16,20H,3-4,13-15,17H2,1-2H3,(H,28,32)/t20-/m0/s1. The molecule has 7 nitrogen and oxygen atoms in total. The normalized spacial score (nSPS) is 15.6. The van der Waals surface area contributed by atoms with Gasteiger partial charge < -0.3 is 19.7 Å². The van der Waals surface area contributed by atoms with Crippen LogP contribution in [-0.4, -0.2) is 50.0 Å². The van der Waals surface area contributed by atoms with Crippen LogP contribution in [0.25, 0.3) is 11.3 Å². The summed E-state index contributed by atoms with van der Waals surface area (Å²) < 4.78 is 10.6. The van der Waals surface area contributed by atoms with Gasteiger partial charge in [-0.05, 0) is 61.2 Å². The van der Waals surface area contributed by atoms with E-state index in [2.05, 4.69) is 20.4 Å². The van der Waals surface area contributed by atoms with Crippen molar-refractivity contribution >= 4 is 23.3 Å². The maximum Gasteiger partial charge on any atom is 0.224 e. The number of amides is 1. The van der Waals surface area contributed by atoms with Crippen LogP contribution in [0.4, 0.5) is 5.82 Å². The summed E-state index contributed by atoms with van der Waals surface area (Å²) in [5.41, 5.74) is 2.84. The van der Waals surface area contributed by atoms with E-state index < -0.39 is 0 Å². The second kappa shape index (κ2) is 11.2. The van der Waals surface area contributed by atoms with Crippen molar-refractivity contribution in [2.75, 3.05) is 38.8 Å². The van der Waals surface area contributed by atoms with Crippen LogP contribution >= 0.6 is 11.6 Å². The highest BCUT2D eigenvalue weighted by atomic mass is 35.5. The van der Waals surface area contributed by atoms with Crippen LogP contribution in [0.2, 0.25) is 5.02 Å². The van der Waals surface area contributed by atoms with Crippen LogP contribution in [-0.2, 0) is 11.2 Å². The van der Waals surface area contributed by atoms with Gasteiger partial charge in [0.25, 0.3) is 0 Å². The molecule has 1 atom stereocenters. The molecule has 8 heteroatoms. The highest BCUT2D eigenvalue weighted by Gasteiger charge is 2.26. The minimum absolute atomic E-state index is 0.0723. The zero-order chi connectivity index (χ0) is 23.9.